The molecule has 0 aliphatic rings. The van der Waals surface area contributed by atoms with Crippen molar-refractivity contribution in [2.45, 2.75) is 270 Å². The number of unbranched alkanes of at least 4 members (excludes halogenated alkanes) is 33. The summed E-state index contributed by atoms with van der Waals surface area (Å²) < 4.78 is 23.4. The van der Waals surface area contributed by atoms with Gasteiger partial charge in [0.2, 0.25) is 5.91 Å². The van der Waals surface area contributed by atoms with Crippen molar-refractivity contribution in [1.82, 2.24) is 5.32 Å². The third kappa shape index (κ3) is 45.3. The first-order valence-corrected chi connectivity index (χ1v) is 27.5. The Morgan fingerprint density at radius 3 is 1.32 bits per heavy atom. The number of carbonyl (C=O) groups excluding carboxylic acids is 1. The minimum absolute atomic E-state index is 0.0135. The summed E-state index contributed by atoms with van der Waals surface area (Å²) in [5, 5.41) is 14.0. The smallest absolute Gasteiger partial charge is 0.268 e. The van der Waals surface area contributed by atoms with Crippen LogP contribution >= 0.6 is 7.82 Å². The fourth-order valence-electron chi connectivity index (χ4n) is 7.86. The van der Waals surface area contributed by atoms with E-state index in [9.17, 15) is 19.4 Å². The van der Waals surface area contributed by atoms with E-state index in [-0.39, 0.29) is 19.1 Å². The van der Waals surface area contributed by atoms with Gasteiger partial charge in [-0.25, -0.2) is 0 Å². The predicted octanol–water partition coefficient (Wildman–Crippen LogP) is 14.5. The minimum atomic E-state index is -4.57. The van der Waals surface area contributed by atoms with Gasteiger partial charge in [0.25, 0.3) is 7.82 Å². The van der Waals surface area contributed by atoms with Crippen LogP contribution in [0.1, 0.15) is 258 Å². The highest BCUT2D eigenvalue weighted by molar-refractivity contribution is 7.45. The van der Waals surface area contributed by atoms with Gasteiger partial charge in [-0.05, 0) is 38.5 Å². The fourth-order valence-corrected chi connectivity index (χ4v) is 8.58. The number of hydrogen-bond acceptors (Lipinski definition) is 6. The highest BCUT2D eigenvalue weighted by Crippen LogP contribution is 2.38. The number of phosphoric acid groups is 1. The molecule has 0 saturated heterocycles. The van der Waals surface area contributed by atoms with Gasteiger partial charge in [-0.15, -0.1) is 0 Å². The van der Waals surface area contributed by atoms with Crippen LogP contribution < -0.4 is 10.2 Å². The molecular formula is C51H103N2O6P. The molecule has 9 heteroatoms. The Morgan fingerprint density at radius 2 is 0.917 bits per heavy atom. The van der Waals surface area contributed by atoms with Crippen LogP contribution in [0.5, 0.6) is 0 Å². The molecular weight excluding hydrogens is 768 g/mol. The number of rotatable bonds is 48. The van der Waals surface area contributed by atoms with Crippen molar-refractivity contribution >= 4 is 13.7 Å². The molecule has 1 amide bonds. The summed E-state index contributed by atoms with van der Waals surface area (Å²) in [5.41, 5.74) is 0. The largest absolute Gasteiger partial charge is 0.756 e. The highest BCUT2D eigenvalue weighted by Gasteiger charge is 2.24. The van der Waals surface area contributed by atoms with E-state index in [0.717, 1.165) is 38.5 Å². The SMILES string of the molecule is CCCCCC/C=C\CCCCCCCCCC(=O)NC(COP(=O)([O-])OCC[N+](C)(C)C)C(O)CCCCCCCCCCCCCCCCCCCCCCCCC. The number of aliphatic hydroxyl groups excluding tert-OH is 1. The second-order valence-electron chi connectivity index (χ2n) is 19.2. The molecule has 0 rings (SSSR count). The lowest BCUT2D eigenvalue weighted by atomic mass is 10.0. The van der Waals surface area contributed by atoms with E-state index in [0.29, 0.717) is 23.9 Å². The first kappa shape index (κ1) is 59.2. The lowest BCUT2D eigenvalue weighted by Crippen LogP contribution is -2.46. The highest BCUT2D eigenvalue weighted by atomic mass is 31.2. The monoisotopic (exact) mass is 871 g/mol. The van der Waals surface area contributed by atoms with Gasteiger partial charge in [-0.3, -0.25) is 9.36 Å². The van der Waals surface area contributed by atoms with Crippen LogP contribution in [0, 0.1) is 0 Å². The van der Waals surface area contributed by atoms with E-state index in [4.69, 9.17) is 9.05 Å². The molecule has 3 atom stereocenters. The maximum atomic E-state index is 12.9. The molecule has 8 nitrogen and oxygen atoms in total. The van der Waals surface area contributed by atoms with Crippen molar-refractivity contribution in [3.8, 4) is 0 Å². The third-order valence-corrected chi connectivity index (χ3v) is 13.0. The number of amides is 1. The van der Waals surface area contributed by atoms with Crippen LogP contribution in [0.3, 0.4) is 0 Å². The van der Waals surface area contributed by atoms with Gasteiger partial charge in [0.05, 0.1) is 39.9 Å². The van der Waals surface area contributed by atoms with E-state index in [2.05, 4.69) is 31.3 Å². The Kier molecular flexibility index (Phi) is 42.9. The van der Waals surface area contributed by atoms with Gasteiger partial charge in [-0.1, -0.05) is 225 Å². The van der Waals surface area contributed by atoms with Crippen molar-refractivity contribution in [1.29, 1.82) is 0 Å². The zero-order valence-corrected chi connectivity index (χ0v) is 41.6. The zero-order valence-electron chi connectivity index (χ0n) is 40.7. The van der Waals surface area contributed by atoms with Crippen LogP contribution in [0.15, 0.2) is 12.2 Å². The molecule has 0 aliphatic carbocycles. The van der Waals surface area contributed by atoms with Crippen molar-refractivity contribution in [3.63, 3.8) is 0 Å². The van der Waals surface area contributed by atoms with E-state index in [1.54, 1.807) is 0 Å². The normalized spacial score (nSPS) is 14.2. The Hall–Kier alpha value is -0.760. The molecule has 358 valence electrons. The first-order chi connectivity index (χ1) is 29.0. The molecule has 0 saturated carbocycles. The number of nitrogens with one attached hydrogen (secondary N) is 1. The van der Waals surface area contributed by atoms with E-state index < -0.39 is 20.0 Å². The molecule has 0 aromatic carbocycles. The average Bonchev–Trinajstić information content (AvgIpc) is 3.20. The van der Waals surface area contributed by atoms with Crippen LogP contribution in [0.4, 0.5) is 0 Å². The van der Waals surface area contributed by atoms with Gasteiger partial charge in [0, 0.05) is 6.42 Å². The number of phosphoric ester groups is 1. The molecule has 0 radical (unpaired) electrons. The number of nitrogens with zero attached hydrogens (tertiary/aromatic N) is 1. The summed E-state index contributed by atoms with van der Waals surface area (Å²) in [5.74, 6) is -0.167. The summed E-state index contributed by atoms with van der Waals surface area (Å²) in [7, 11) is 1.31. The quantitative estimate of drug-likeness (QED) is 0.0273. The van der Waals surface area contributed by atoms with Gasteiger partial charge >= 0.3 is 0 Å². The second kappa shape index (κ2) is 43.5. The maximum absolute atomic E-state index is 12.9. The van der Waals surface area contributed by atoms with Gasteiger partial charge in [-0.2, -0.15) is 0 Å². The van der Waals surface area contributed by atoms with Crippen molar-refractivity contribution < 1.29 is 32.9 Å². The molecule has 0 aromatic rings. The maximum Gasteiger partial charge on any atom is 0.268 e. The molecule has 60 heavy (non-hydrogen) atoms. The van der Waals surface area contributed by atoms with Crippen molar-refractivity contribution in [3.05, 3.63) is 12.2 Å². The Labute approximate surface area is 373 Å². The number of allylic oxidation sites excluding steroid dienone is 2. The number of quaternary nitrogens is 1. The van der Waals surface area contributed by atoms with E-state index >= 15 is 0 Å². The number of hydrogen-bond donors (Lipinski definition) is 2. The van der Waals surface area contributed by atoms with Gasteiger partial charge in [0.1, 0.15) is 13.2 Å². The first-order valence-electron chi connectivity index (χ1n) is 26.0. The molecule has 0 aliphatic heterocycles. The summed E-state index contributed by atoms with van der Waals surface area (Å²) in [6.45, 7) is 4.73. The van der Waals surface area contributed by atoms with Gasteiger partial charge < -0.3 is 28.8 Å². The van der Waals surface area contributed by atoms with Crippen molar-refractivity contribution in [2.75, 3.05) is 40.9 Å². The number of likely N-dealkylation sites (N-methyl/N-ethyl adjacent to an activating group) is 1. The zero-order chi connectivity index (χ0) is 44.3. The Bertz CT molecular complexity index is 989. The lowest BCUT2D eigenvalue weighted by Gasteiger charge is -2.30. The Balaban J connectivity index is 4.19. The molecule has 0 aromatic heterocycles. The molecule has 2 N–H and O–H groups in total. The molecule has 0 spiro atoms. The molecule has 0 fully saturated rings. The standard InChI is InChI=1S/C51H103N2O6P/c1-6-8-10-12-14-16-18-20-22-23-24-25-26-27-28-29-31-32-34-36-38-40-42-44-50(54)49(48-59-60(56,57)58-47-46-53(3,4)5)52-51(55)45-43-41-39-37-35-33-30-21-19-17-15-13-11-9-7-2/h17,19,49-50,54H,6-16,18,20-48H2,1-5H3,(H-,52,55,56,57)/b19-17-. The summed E-state index contributed by atoms with van der Waals surface area (Å²) in [4.78, 5) is 25.4. The van der Waals surface area contributed by atoms with Crippen LogP contribution in [0.25, 0.3) is 0 Å². The Morgan fingerprint density at radius 1 is 0.567 bits per heavy atom. The third-order valence-electron chi connectivity index (χ3n) is 12.0. The van der Waals surface area contributed by atoms with E-state index in [1.165, 1.54) is 193 Å². The minimum Gasteiger partial charge on any atom is -0.756 e. The molecule has 0 bridgehead atoms. The summed E-state index contributed by atoms with van der Waals surface area (Å²) in [6.07, 6.45) is 50.8. The van der Waals surface area contributed by atoms with Crippen LogP contribution in [0.2, 0.25) is 0 Å². The summed E-state index contributed by atoms with van der Waals surface area (Å²) in [6, 6.07) is -0.799. The summed E-state index contributed by atoms with van der Waals surface area (Å²) >= 11 is 0. The van der Waals surface area contributed by atoms with Crippen LogP contribution in [-0.4, -0.2) is 68.5 Å². The predicted molar refractivity (Wildman–Crippen MR) is 256 cm³/mol. The number of carbonyl (C=O) groups is 1. The average molecular weight is 871 g/mol. The second-order valence-corrected chi connectivity index (χ2v) is 20.6. The molecule has 0 heterocycles. The van der Waals surface area contributed by atoms with Crippen LogP contribution in [-0.2, 0) is 18.4 Å². The van der Waals surface area contributed by atoms with Gasteiger partial charge in [0.15, 0.2) is 0 Å². The topological polar surface area (TPSA) is 108 Å². The number of aliphatic hydroxyl groups is 1. The lowest BCUT2D eigenvalue weighted by molar-refractivity contribution is -0.870. The molecule has 3 unspecified atom stereocenters. The van der Waals surface area contributed by atoms with E-state index in [1.807, 2.05) is 21.1 Å². The van der Waals surface area contributed by atoms with Crippen molar-refractivity contribution in [2.24, 2.45) is 0 Å². The fraction of sp³-hybridized carbons (Fsp3) is 0.941.